The van der Waals surface area contributed by atoms with E-state index in [9.17, 15) is 4.79 Å². The second-order valence-corrected chi connectivity index (χ2v) is 8.85. The zero-order valence-electron chi connectivity index (χ0n) is 16.5. The molecule has 156 valence electrons. The van der Waals surface area contributed by atoms with Crippen LogP contribution < -0.4 is 19.6 Å². The molecule has 0 unspecified atom stereocenters. The van der Waals surface area contributed by atoms with E-state index in [4.69, 9.17) is 20.6 Å². The number of thioether (sulfide) groups is 2. The maximum absolute atomic E-state index is 12.0. The first kappa shape index (κ1) is 21.9. The van der Waals surface area contributed by atoms with Crippen LogP contribution in [-0.4, -0.2) is 44.0 Å². The number of hydrogen-bond donors (Lipinski definition) is 1. The summed E-state index contributed by atoms with van der Waals surface area (Å²) >= 11 is 3.91. The van der Waals surface area contributed by atoms with Crippen molar-refractivity contribution in [1.29, 1.82) is 0 Å². The SMILES string of the molecule is C#CCOc1ccc(/C=N\NC(=O)COc2ccc(C3SCCS3)cc2)cc1OC. The van der Waals surface area contributed by atoms with Gasteiger partial charge in [-0.25, -0.2) is 5.43 Å². The van der Waals surface area contributed by atoms with Crippen LogP contribution in [0.4, 0.5) is 0 Å². The smallest absolute Gasteiger partial charge is 0.277 e. The first-order valence-corrected chi connectivity index (χ1v) is 11.3. The standard InChI is InChI=1S/C22H22N2O4S2/c1-3-10-27-19-9-4-16(13-20(19)26-2)14-23-24-21(25)15-28-18-7-5-17(6-8-18)22-29-11-12-30-22/h1,4-9,13-14,22H,10-12,15H2,2H3,(H,24,25)/b23-14-. The van der Waals surface area contributed by atoms with Crippen molar-refractivity contribution in [3.63, 3.8) is 0 Å². The molecule has 1 aliphatic rings. The molecule has 0 atom stereocenters. The Morgan fingerprint density at radius 3 is 2.67 bits per heavy atom. The summed E-state index contributed by atoms with van der Waals surface area (Å²) in [6, 6.07) is 13.1. The lowest BCUT2D eigenvalue weighted by molar-refractivity contribution is -0.123. The van der Waals surface area contributed by atoms with Crippen LogP contribution in [0.3, 0.4) is 0 Å². The van der Waals surface area contributed by atoms with E-state index in [0.717, 1.165) is 5.56 Å². The fourth-order valence-electron chi connectivity index (χ4n) is 2.64. The van der Waals surface area contributed by atoms with E-state index in [1.54, 1.807) is 18.2 Å². The number of carbonyl (C=O) groups excluding carboxylic acids is 1. The summed E-state index contributed by atoms with van der Waals surface area (Å²) in [5, 5.41) is 3.95. The molecule has 0 aromatic heterocycles. The monoisotopic (exact) mass is 442 g/mol. The molecule has 1 aliphatic heterocycles. The van der Waals surface area contributed by atoms with Crippen LogP contribution in [0.1, 0.15) is 15.7 Å². The molecule has 3 rings (SSSR count). The molecule has 1 amide bonds. The molecule has 30 heavy (non-hydrogen) atoms. The van der Waals surface area contributed by atoms with Gasteiger partial charge in [-0.1, -0.05) is 18.1 Å². The normalized spacial score (nSPS) is 13.7. The number of hydrazone groups is 1. The van der Waals surface area contributed by atoms with Gasteiger partial charge in [0, 0.05) is 11.5 Å². The highest BCUT2D eigenvalue weighted by molar-refractivity contribution is 8.19. The molecule has 0 saturated carbocycles. The number of nitrogens with zero attached hydrogens (tertiary/aromatic N) is 1. The molecular weight excluding hydrogens is 420 g/mol. The molecular formula is C22H22N2O4S2. The maximum Gasteiger partial charge on any atom is 0.277 e. The first-order chi connectivity index (χ1) is 14.7. The summed E-state index contributed by atoms with van der Waals surface area (Å²) in [7, 11) is 1.54. The molecule has 0 aliphatic carbocycles. The van der Waals surface area contributed by atoms with Gasteiger partial charge in [-0.05, 0) is 41.5 Å². The zero-order valence-corrected chi connectivity index (χ0v) is 18.1. The number of ether oxygens (including phenoxy) is 3. The van der Waals surface area contributed by atoms with Gasteiger partial charge in [0.1, 0.15) is 12.4 Å². The Morgan fingerprint density at radius 2 is 1.97 bits per heavy atom. The van der Waals surface area contributed by atoms with Gasteiger partial charge < -0.3 is 14.2 Å². The van der Waals surface area contributed by atoms with Crippen molar-refractivity contribution < 1.29 is 19.0 Å². The lowest BCUT2D eigenvalue weighted by Gasteiger charge is -2.10. The third kappa shape index (κ3) is 6.37. The summed E-state index contributed by atoms with van der Waals surface area (Å²) in [5.74, 6) is 6.15. The Morgan fingerprint density at radius 1 is 1.20 bits per heavy atom. The summed E-state index contributed by atoms with van der Waals surface area (Å²) in [4.78, 5) is 12.0. The summed E-state index contributed by atoms with van der Waals surface area (Å²) in [5.41, 5.74) is 4.45. The Hall–Kier alpha value is -2.76. The number of nitrogens with one attached hydrogen (secondary N) is 1. The minimum atomic E-state index is -0.349. The molecule has 0 bridgehead atoms. The van der Waals surface area contributed by atoms with Gasteiger partial charge in [0.05, 0.1) is 17.9 Å². The number of terminal acetylenes is 1. The average molecular weight is 443 g/mol. The van der Waals surface area contributed by atoms with Crippen molar-refractivity contribution in [2.24, 2.45) is 5.10 Å². The molecule has 2 aromatic carbocycles. The quantitative estimate of drug-likeness (QED) is 0.363. The van der Waals surface area contributed by atoms with Crippen LogP contribution in [0.2, 0.25) is 0 Å². The minimum absolute atomic E-state index is 0.119. The average Bonchev–Trinajstić information content (AvgIpc) is 3.32. The summed E-state index contributed by atoms with van der Waals surface area (Å²) < 4.78 is 16.7. The number of carbonyl (C=O) groups is 1. The third-order valence-electron chi connectivity index (χ3n) is 4.05. The maximum atomic E-state index is 12.0. The van der Waals surface area contributed by atoms with Crippen LogP contribution in [0.25, 0.3) is 0 Å². The molecule has 0 radical (unpaired) electrons. The van der Waals surface area contributed by atoms with Crippen molar-refractivity contribution in [1.82, 2.24) is 5.43 Å². The molecule has 1 heterocycles. The van der Waals surface area contributed by atoms with Gasteiger partial charge in [-0.3, -0.25) is 4.79 Å². The van der Waals surface area contributed by atoms with Crippen LogP contribution in [0, 0.1) is 12.3 Å². The lowest BCUT2D eigenvalue weighted by Crippen LogP contribution is -2.24. The summed E-state index contributed by atoms with van der Waals surface area (Å²) in [6.07, 6.45) is 6.71. The van der Waals surface area contributed by atoms with Gasteiger partial charge in [0.25, 0.3) is 5.91 Å². The number of amides is 1. The molecule has 1 N–H and O–H groups in total. The van der Waals surface area contributed by atoms with E-state index in [2.05, 4.69) is 16.4 Å². The van der Waals surface area contributed by atoms with Crippen molar-refractivity contribution in [2.45, 2.75) is 4.58 Å². The van der Waals surface area contributed by atoms with Crippen molar-refractivity contribution >= 4 is 35.6 Å². The van der Waals surface area contributed by atoms with E-state index < -0.39 is 0 Å². The molecule has 2 aromatic rings. The van der Waals surface area contributed by atoms with Gasteiger partial charge >= 0.3 is 0 Å². The molecule has 6 nitrogen and oxygen atoms in total. The molecule has 1 saturated heterocycles. The highest BCUT2D eigenvalue weighted by Crippen LogP contribution is 2.45. The number of benzene rings is 2. The largest absolute Gasteiger partial charge is 0.493 e. The van der Waals surface area contributed by atoms with Crippen molar-refractivity contribution in [3.8, 4) is 29.6 Å². The van der Waals surface area contributed by atoms with E-state index in [0.29, 0.717) is 21.8 Å². The first-order valence-electron chi connectivity index (χ1n) is 9.22. The number of methoxy groups -OCH3 is 1. The second-order valence-electron chi connectivity index (χ2n) is 6.13. The molecule has 0 spiro atoms. The van der Waals surface area contributed by atoms with Gasteiger partial charge in [-0.15, -0.1) is 29.9 Å². The topological polar surface area (TPSA) is 69.2 Å². The number of hydrogen-bond acceptors (Lipinski definition) is 7. The predicted molar refractivity (Wildman–Crippen MR) is 123 cm³/mol. The highest BCUT2D eigenvalue weighted by Gasteiger charge is 2.18. The van der Waals surface area contributed by atoms with Crippen molar-refractivity contribution in [3.05, 3.63) is 53.6 Å². The van der Waals surface area contributed by atoms with E-state index >= 15 is 0 Å². The van der Waals surface area contributed by atoms with Crippen LogP contribution in [-0.2, 0) is 4.79 Å². The number of rotatable bonds is 9. The zero-order chi connectivity index (χ0) is 21.2. The van der Waals surface area contributed by atoms with Crippen LogP contribution in [0.5, 0.6) is 17.2 Å². The Labute approximate surface area is 184 Å². The van der Waals surface area contributed by atoms with Gasteiger partial charge in [0.15, 0.2) is 18.1 Å². The lowest BCUT2D eigenvalue weighted by atomic mass is 10.2. The van der Waals surface area contributed by atoms with E-state index in [1.807, 2.05) is 47.8 Å². The highest BCUT2D eigenvalue weighted by atomic mass is 32.2. The van der Waals surface area contributed by atoms with Crippen molar-refractivity contribution in [2.75, 3.05) is 31.8 Å². The second kappa shape index (κ2) is 11.4. The predicted octanol–water partition coefficient (Wildman–Crippen LogP) is 3.71. The molecule has 1 fully saturated rings. The fourth-order valence-corrected chi connectivity index (χ4v) is 5.49. The molecule has 8 heteroatoms. The van der Waals surface area contributed by atoms with Crippen LogP contribution in [0.15, 0.2) is 47.6 Å². The minimum Gasteiger partial charge on any atom is -0.493 e. The van der Waals surface area contributed by atoms with Crippen LogP contribution >= 0.6 is 23.5 Å². The Bertz CT molecular complexity index is 920. The fraction of sp³-hybridized carbons (Fsp3) is 0.273. The Kier molecular flexibility index (Phi) is 8.36. The van der Waals surface area contributed by atoms with Gasteiger partial charge in [-0.2, -0.15) is 5.10 Å². The third-order valence-corrected chi connectivity index (χ3v) is 7.15. The van der Waals surface area contributed by atoms with E-state index in [-0.39, 0.29) is 19.1 Å². The van der Waals surface area contributed by atoms with E-state index in [1.165, 1.54) is 30.4 Å². The van der Waals surface area contributed by atoms with Gasteiger partial charge in [0.2, 0.25) is 0 Å². The summed E-state index contributed by atoms with van der Waals surface area (Å²) in [6.45, 7) is 0.0346. The Balaban J connectivity index is 1.46.